The van der Waals surface area contributed by atoms with Crippen LogP contribution in [0.5, 0.6) is 11.5 Å². The van der Waals surface area contributed by atoms with Crippen molar-refractivity contribution in [1.29, 1.82) is 0 Å². The number of nitrogens with zero attached hydrogens (tertiary/aromatic N) is 1. The van der Waals surface area contributed by atoms with Gasteiger partial charge in [-0.15, -0.1) is 0 Å². The van der Waals surface area contributed by atoms with E-state index in [0.717, 1.165) is 5.56 Å². The third kappa shape index (κ3) is 4.44. The molecule has 0 fully saturated rings. The largest absolute Gasteiger partial charge is 0.486 e. The predicted octanol–water partition coefficient (Wildman–Crippen LogP) is 2.98. The fourth-order valence-electron chi connectivity index (χ4n) is 2.91. The van der Waals surface area contributed by atoms with Gasteiger partial charge in [0.15, 0.2) is 21.3 Å². The van der Waals surface area contributed by atoms with Gasteiger partial charge in [-0.1, -0.05) is 12.1 Å². The Morgan fingerprint density at radius 1 is 1.11 bits per heavy atom. The van der Waals surface area contributed by atoms with Crippen LogP contribution in [0.1, 0.15) is 24.9 Å². The van der Waals surface area contributed by atoms with Gasteiger partial charge in [0.25, 0.3) is 0 Å². The molecule has 0 aliphatic carbocycles. The minimum Gasteiger partial charge on any atom is -0.486 e. The molecule has 28 heavy (non-hydrogen) atoms. The first-order valence-corrected chi connectivity index (χ1v) is 10.6. The summed E-state index contributed by atoms with van der Waals surface area (Å²) in [6, 6.07) is 10.0. The summed E-state index contributed by atoms with van der Waals surface area (Å²) in [4.78, 5) is 14.0. The second-order valence-electron chi connectivity index (χ2n) is 6.61. The Bertz CT molecular complexity index is 959. The van der Waals surface area contributed by atoms with Crippen LogP contribution >= 0.6 is 0 Å². The second-order valence-corrected chi connectivity index (χ2v) is 8.72. The average molecular weight is 407 g/mol. The zero-order valence-electron chi connectivity index (χ0n) is 15.7. The highest BCUT2D eigenvalue weighted by Gasteiger charge is 2.23. The lowest BCUT2D eigenvalue weighted by atomic mass is 10.1. The van der Waals surface area contributed by atoms with Gasteiger partial charge in [0.1, 0.15) is 19.0 Å². The van der Waals surface area contributed by atoms with Gasteiger partial charge in [0.2, 0.25) is 5.91 Å². The van der Waals surface area contributed by atoms with Crippen LogP contribution in [-0.2, 0) is 14.6 Å². The first-order valence-electron chi connectivity index (χ1n) is 8.91. The fourth-order valence-corrected chi connectivity index (χ4v) is 4.15. The van der Waals surface area contributed by atoms with Crippen LogP contribution in [0.4, 0.5) is 4.39 Å². The lowest BCUT2D eigenvalue weighted by Gasteiger charge is -2.25. The van der Waals surface area contributed by atoms with Gasteiger partial charge < -0.3 is 14.4 Å². The van der Waals surface area contributed by atoms with E-state index in [4.69, 9.17) is 9.47 Å². The molecule has 0 N–H and O–H groups in total. The van der Waals surface area contributed by atoms with Crippen LogP contribution in [0, 0.1) is 5.82 Å². The van der Waals surface area contributed by atoms with Crippen molar-refractivity contribution in [3.63, 3.8) is 0 Å². The molecule has 0 radical (unpaired) electrons. The van der Waals surface area contributed by atoms with Crippen molar-refractivity contribution in [1.82, 2.24) is 4.90 Å². The topological polar surface area (TPSA) is 72.9 Å². The lowest BCUT2D eigenvalue weighted by Crippen LogP contribution is -2.31. The van der Waals surface area contributed by atoms with Crippen molar-refractivity contribution < 1.29 is 27.1 Å². The van der Waals surface area contributed by atoms with E-state index in [1.165, 1.54) is 29.2 Å². The van der Waals surface area contributed by atoms with Crippen LogP contribution in [0.15, 0.2) is 47.4 Å². The minimum atomic E-state index is -3.65. The van der Waals surface area contributed by atoms with Gasteiger partial charge >= 0.3 is 0 Å². The van der Waals surface area contributed by atoms with E-state index in [-0.39, 0.29) is 34.8 Å². The molecule has 1 atom stereocenters. The number of rotatable bonds is 6. The monoisotopic (exact) mass is 407 g/mol. The maximum absolute atomic E-state index is 13.1. The zero-order valence-corrected chi connectivity index (χ0v) is 16.5. The third-order valence-corrected chi connectivity index (χ3v) is 6.50. The number of fused-ring (bicyclic) bond motifs is 1. The molecular formula is C20H22FNO5S. The number of halogens is 1. The van der Waals surface area contributed by atoms with Crippen molar-refractivity contribution in [2.75, 3.05) is 26.0 Å². The molecule has 3 rings (SSSR count). The maximum Gasteiger partial charge on any atom is 0.223 e. The Kier molecular flexibility index (Phi) is 5.88. The molecule has 0 saturated heterocycles. The van der Waals surface area contributed by atoms with E-state index in [1.54, 1.807) is 32.2 Å². The number of sulfone groups is 1. The normalized spacial score (nSPS) is 14.4. The number of hydrogen-bond acceptors (Lipinski definition) is 5. The van der Waals surface area contributed by atoms with E-state index in [1.807, 2.05) is 0 Å². The van der Waals surface area contributed by atoms with Crippen molar-refractivity contribution in [2.24, 2.45) is 0 Å². The Labute approximate surface area is 163 Å². The van der Waals surface area contributed by atoms with Gasteiger partial charge in [-0.05, 0) is 36.8 Å². The summed E-state index contributed by atoms with van der Waals surface area (Å²) in [5.74, 6) is -0.0744. The molecule has 8 heteroatoms. The molecule has 2 aromatic rings. The van der Waals surface area contributed by atoms with E-state index in [9.17, 15) is 17.6 Å². The number of benzene rings is 2. The minimum absolute atomic E-state index is 0.0961. The summed E-state index contributed by atoms with van der Waals surface area (Å²) >= 11 is 0. The first kappa shape index (κ1) is 20.1. The van der Waals surface area contributed by atoms with Crippen molar-refractivity contribution >= 4 is 15.7 Å². The molecule has 1 heterocycles. The predicted molar refractivity (Wildman–Crippen MR) is 102 cm³/mol. The van der Waals surface area contributed by atoms with E-state index < -0.39 is 9.84 Å². The molecule has 1 amide bonds. The average Bonchev–Trinajstić information content (AvgIpc) is 2.71. The molecule has 0 spiro atoms. The molecule has 0 unspecified atom stereocenters. The van der Waals surface area contributed by atoms with Gasteiger partial charge in [0.05, 0.1) is 16.7 Å². The number of carbonyl (C=O) groups excluding carboxylic acids is 1. The van der Waals surface area contributed by atoms with E-state index in [2.05, 4.69) is 0 Å². The van der Waals surface area contributed by atoms with E-state index >= 15 is 0 Å². The van der Waals surface area contributed by atoms with Crippen LogP contribution in [-0.4, -0.2) is 45.2 Å². The Balaban J connectivity index is 1.65. The standard InChI is InChI=1S/C20H22FNO5S/c1-14(15-3-5-16(21)6-4-15)22(2)20(23)9-12-28(24,25)17-7-8-18-19(13-17)27-11-10-26-18/h3-8,13-14H,9-12H2,1-2H3/t14-/m0/s1. The Morgan fingerprint density at radius 2 is 1.75 bits per heavy atom. The molecule has 0 bridgehead atoms. The Hall–Kier alpha value is -2.61. The molecule has 1 aliphatic heterocycles. The van der Waals surface area contributed by atoms with E-state index in [0.29, 0.717) is 24.7 Å². The van der Waals surface area contributed by atoms with Crippen LogP contribution in [0.2, 0.25) is 0 Å². The number of ether oxygens (including phenoxy) is 2. The summed E-state index contributed by atoms with van der Waals surface area (Å²) in [6.07, 6.45) is -0.154. The summed E-state index contributed by atoms with van der Waals surface area (Å²) in [7, 11) is -2.05. The van der Waals surface area contributed by atoms with Gasteiger partial charge in [0, 0.05) is 19.5 Å². The van der Waals surface area contributed by atoms with Crippen molar-refractivity contribution in [3.8, 4) is 11.5 Å². The molecule has 1 aliphatic rings. The molecule has 0 aromatic heterocycles. The highest BCUT2D eigenvalue weighted by Crippen LogP contribution is 2.32. The SMILES string of the molecule is C[C@@H](c1ccc(F)cc1)N(C)C(=O)CCS(=O)(=O)c1ccc2c(c1)OCCO2. The number of hydrogen-bond donors (Lipinski definition) is 0. The molecule has 6 nitrogen and oxygen atoms in total. The molecule has 2 aromatic carbocycles. The highest BCUT2D eigenvalue weighted by molar-refractivity contribution is 7.91. The lowest BCUT2D eigenvalue weighted by molar-refractivity contribution is -0.131. The summed E-state index contributed by atoms with van der Waals surface area (Å²) in [6.45, 7) is 2.59. The van der Waals surface area contributed by atoms with Crippen LogP contribution in [0.3, 0.4) is 0 Å². The first-order chi connectivity index (χ1) is 13.3. The second kappa shape index (κ2) is 8.18. The molecule has 0 saturated carbocycles. The van der Waals surface area contributed by atoms with Crippen LogP contribution < -0.4 is 9.47 Å². The van der Waals surface area contributed by atoms with Crippen molar-refractivity contribution in [2.45, 2.75) is 24.3 Å². The molecule has 150 valence electrons. The highest BCUT2D eigenvalue weighted by atomic mass is 32.2. The zero-order chi connectivity index (χ0) is 20.3. The van der Waals surface area contributed by atoms with Crippen molar-refractivity contribution in [3.05, 3.63) is 53.8 Å². The smallest absolute Gasteiger partial charge is 0.223 e. The maximum atomic E-state index is 13.1. The number of amides is 1. The van der Waals surface area contributed by atoms with Gasteiger partial charge in [-0.25, -0.2) is 12.8 Å². The summed E-state index contributed by atoms with van der Waals surface area (Å²) in [5, 5.41) is 0. The third-order valence-electron chi connectivity index (χ3n) is 4.78. The molecular weight excluding hydrogens is 385 g/mol. The van der Waals surface area contributed by atoms with Gasteiger partial charge in [-0.2, -0.15) is 0 Å². The quantitative estimate of drug-likeness (QED) is 0.736. The van der Waals surface area contributed by atoms with Crippen LogP contribution in [0.25, 0.3) is 0 Å². The van der Waals surface area contributed by atoms with Gasteiger partial charge in [-0.3, -0.25) is 4.79 Å². The fraction of sp³-hybridized carbons (Fsp3) is 0.350. The Morgan fingerprint density at radius 3 is 2.43 bits per heavy atom. The number of carbonyl (C=O) groups is 1. The summed E-state index contributed by atoms with van der Waals surface area (Å²) in [5.41, 5.74) is 0.770. The summed E-state index contributed by atoms with van der Waals surface area (Å²) < 4.78 is 49.1.